The van der Waals surface area contributed by atoms with E-state index in [4.69, 9.17) is 5.11 Å². The molecular formula is C14H16F3NO2. The summed E-state index contributed by atoms with van der Waals surface area (Å²) >= 11 is 0. The quantitative estimate of drug-likeness (QED) is 0.922. The lowest BCUT2D eigenvalue weighted by molar-refractivity contribution is -0.138. The first-order valence-corrected chi connectivity index (χ1v) is 6.51. The normalized spacial score (nSPS) is 19.4. The molecule has 0 spiro atoms. The number of hydrogen-bond acceptors (Lipinski definition) is 2. The van der Waals surface area contributed by atoms with Crippen LogP contribution in [0.25, 0.3) is 0 Å². The number of rotatable bonds is 4. The van der Waals surface area contributed by atoms with Gasteiger partial charge in [-0.1, -0.05) is 12.1 Å². The third kappa shape index (κ3) is 3.43. The van der Waals surface area contributed by atoms with Crippen molar-refractivity contribution in [1.82, 2.24) is 0 Å². The Morgan fingerprint density at radius 2 is 2.05 bits per heavy atom. The summed E-state index contributed by atoms with van der Waals surface area (Å²) < 4.78 is 38.8. The molecule has 1 fully saturated rings. The van der Waals surface area contributed by atoms with E-state index in [1.165, 1.54) is 12.1 Å². The average Bonchev–Trinajstić information content (AvgIpc) is 2.84. The minimum Gasteiger partial charge on any atom is -0.481 e. The molecule has 1 N–H and O–H groups in total. The third-order valence-electron chi connectivity index (χ3n) is 3.60. The smallest absolute Gasteiger partial charge is 0.418 e. The molecule has 20 heavy (non-hydrogen) atoms. The summed E-state index contributed by atoms with van der Waals surface area (Å²) in [5.41, 5.74) is -0.434. The minimum atomic E-state index is -4.37. The maximum Gasteiger partial charge on any atom is 0.418 e. The number of aliphatic carboxylic acids is 1. The van der Waals surface area contributed by atoms with Gasteiger partial charge >= 0.3 is 12.1 Å². The Bertz CT molecular complexity index is 488. The average molecular weight is 287 g/mol. The second-order valence-electron chi connectivity index (χ2n) is 5.05. The highest BCUT2D eigenvalue weighted by Gasteiger charge is 2.36. The van der Waals surface area contributed by atoms with Gasteiger partial charge in [-0.25, -0.2) is 0 Å². The molecule has 3 nitrogen and oxygen atoms in total. The molecule has 1 saturated heterocycles. The Balaban J connectivity index is 2.09. The standard InChI is InChI=1S/C14H16F3NO2/c15-14(16,17)11-3-1-2-4-12(11)18-8-7-10(9-18)5-6-13(19)20/h1-4,10H,5-9H2,(H,19,20). The minimum absolute atomic E-state index is 0.0689. The predicted octanol–water partition coefficient (Wildman–Crippen LogP) is 3.40. The summed E-state index contributed by atoms with van der Waals surface area (Å²) in [5.74, 6) is -0.716. The number of hydrogen-bond donors (Lipinski definition) is 1. The van der Waals surface area contributed by atoms with Gasteiger partial charge in [0.2, 0.25) is 0 Å². The number of alkyl halides is 3. The highest BCUT2D eigenvalue weighted by molar-refractivity contribution is 5.66. The van der Waals surface area contributed by atoms with E-state index in [0.29, 0.717) is 19.5 Å². The number of para-hydroxylation sites is 1. The van der Waals surface area contributed by atoms with Gasteiger partial charge in [0.05, 0.1) is 5.56 Å². The number of nitrogens with zero attached hydrogens (tertiary/aromatic N) is 1. The first-order valence-electron chi connectivity index (χ1n) is 6.51. The van der Waals surface area contributed by atoms with Crippen LogP contribution in [0.3, 0.4) is 0 Å². The number of carboxylic acid groups (broad SMARTS) is 1. The highest BCUT2D eigenvalue weighted by atomic mass is 19.4. The van der Waals surface area contributed by atoms with Crippen molar-refractivity contribution in [2.75, 3.05) is 18.0 Å². The Morgan fingerprint density at radius 3 is 2.70 bits per heavy atom. The molecule has 1 aromatic rings. The van der Waals surface area contributed by atoms with Crippen molar-refractivity contribution in [3.05, 3.63) is 29.8 Å². The maximum absolute atomic E-state index is 12.9. The molecule has 0 aromatic heterocycles. The van der Waals surface area contributed by atoms with Crippen LogP contribution in [0.15, 0.2) is 24.3 Å². The molecule has 0 amide bonds. The van der Waals surface area contributed by atoms with E-state index >= 15 is 0 Å². The van der Waals surface area contributed by atoms with E-state index in [1.54, 1.807) is 11.0 Å². The van der Waals surface area contributed by atoms with Gasteiger partial charge < -0.3 is 10.0 Å². The Morgan fingerprint density at radius 1 is 1.35 bits per heavy atom. The highest BCUT2D eigenvalue weighted by Crippen LogP contribution is 2.38. The van der Waals surface area contributed by atoms with E-state index in [2.05, 4.69) is 0 Å². The molecule has 2 rings (SSSR count). The number of carboxylic acids is 1. The van der Waals surface area contributed by atoms with Crippen LogP contribution in [0.1, 0.15) is 24.8 Å². The van der Waals surface area contributed by atoms with E-state index in [1.807, 2.05) is 0 Å². The lowest BCUT2D eigenvalue weighted by Gasteiger charge is -2.23. The van der Waals surface area contributed by atoms with Crippen molar-refractivity contribution in [2.24, 2.45) is 5.92 Å². The zero-order valence-corrected chi connectivity index (χ0v) is 10.9. The fourth-order valence-corrected chi connectivity index (χ4v) is 2.60. The van der Waals surface area contributed by atoms with Crippen molar-refractivity contribution >= 4 is 11.7 Å². The summed E-state index contributed by atoms with van der Waals surface area (Å²) in [5, 5.41) is 8.65. The largest absolute Gasteiger partial charge is 0.481 e. The molecule has 1 aliphatic heterocycles. The second-order valence-corrected chi connectivity index (χ2v) is 5.05. The monoisotopic (exact) mass is 287 g/mol. The van der Waals surface area contributed by atoms with E-state index < -0.39 is 17.7 Å². The van der Waals surface area contributed by atoms with Crippen LogP contribution in [-0.4, -0.2) is 24.2 Å². The van der Waals surface area contributed by atoms with Gasteiger partial charge in [0.15, 0.2) is 0 Å². The lowest BCUT2D eigenvalue weighted by Crippen LogP contribution is -2.23. The lowest BCUT2D eigenvalue weighted by atomic mass is 10.0. The van der Waals surface area contributed by atoms with E-state index in [9.17, 15) is 18.0 Å². The molecule has 6 heteroatoms. The molecule has 110 valence electrons. The van der Waals surface area contributed by atoms with Crippen LogP contribution in [-0.2, 0) is 11.0 Å². The van der Waals surface area contributed by atoms with Gasteiger partial charge in [-0.2, -0.15) is 13.2 Å². The van der Waals surface area contributed by atoms with Crippen LogP contribution in [0.4, 0.5) is 18.9 Å². The molecule has 0 saturated carbocycles. The Kier molecular flexibility index (Phi) is 4.20. The third-order valence-corrected chi connectivity index (χ3v) is 3.60. The van der Waals surface area contributed by atoms with Gasteiger partial charge in [0, 0.05) is 25.2 Å². The van der Waals surface area contributed by atoms with Crippen LogP contribution >= 0.6 is 0 Å². The predicted molar refractivity (Wildman–Crippen MR) is 68.6 cm³/mol. The molecule has 0 bridgehead atoms. The summed E-state index contributed by atoms with van der Waals surface area (Å²) in [7, 11) is 0. The van der Waals surface area contributed by atoms with Crippen molar-refractivity contribution in [1.29, 1.82) is 0 Å². The number of benzene rings is 1. The first-order chi connectivity index (χ1) is 9.38. The zero-order chi connectivity index (χ0) is 14.8. The molecule has 0 aliphatic carbocycles. The van der Waals surface area contributed by atoms with Crippen LogP contribution < -0.4 is 4.90 Å². The van der Waals surface area contributed by atoms with E-state index in [0.717, 1.165) is 12.5 Å². The topological polar surface area (TPSA) is 40.5 Å². The molecule has 1 atom stereocenters. The number of anilines is 1. The van der Waals surface area contributed by atoms with Gasteiger partial charge in [0.1, 0.15) is 0 Å². The SMILES string of the molecule is O=C(O)CCC1CCN(c2ccccc2C(F)(F)F)C1. The van der Waals surface area contributed by atoms with Gasteiger partial charge in [-0.05, 0) is 30.9 Å². The van der Waals surface area contributed by atoms with Crippen LogP contribution in [0.2, 0.25) is 0 Å². The molecular weight excluding hydrogens is 271 g/mol. The second kappa shape index (κ2) is 5.73. The van der Waals surface area contributed by atoms with Crippen molar-refractivity contribution in [3.63, 3.8) is 0 Å². The van der Waals surface area contributed by atoms with Crippen molar-refractivity contribution in [3.8, 4) is 0 Å². The summed E-state index contributed by atoms with van der Waals surface area (Å²) in [6.45, 7) is 1.03. The summed E-state index contributed by atoms with van der Waals surface area (Å²) in [6.07, 6.45) is -3.05. The zero-order valence-electron chi connectivity index (χ0n) is 10.9. The van der Waals surface area contributed by atoms with Crippen LogP contribution in [0, 0.1) is 5.92 Å². The van der Waals surface area contributed by atoms with Crippen LogP contribution in [0.5, 0.6) is 0 Å². The summed E-state index contributed by atoms with van der Waals surface area (Å²) in [4.78, 5) is 12.2. The van der Waals surface area contributed by atoms with Crippen molar-refractivity contribution in [2.45, 2.75) is 25.4 Å². The molecule has 1 aliphatic rings. The number of halogens is 3. The fourth-order valence-electron chi connectivity index (χ4n) is 2.60. The van der Waals surface area contributed by atoms with Gasteiger partial charge in [-0.15, -0.1) is 0 Å². The molecule has 1 unspecified atom stereocenters. The molecule has 1 aromatic carbocycles. The fraction of sp³-hybridized carbons (Fsp3) is 0.500. The van der Waals surface area contributed by atoms with E-state index in [-0.39, 0.29) is 18.0 Å². The maximum atomic E-state index is 12.9. The Labute approximate surface area is 115 Å². The first kappa shape index (κ1) is 14.7. The molecule has 1 heterocycles. The van der Waals surface area contributed by atoms with Gasteiger partial charge in [-0.3, -0.25) is 4.79 Å². The Hall–Kier alpha value is -1.72. The van der Waals surface area contributed by atoms with Gasteiger partial charge in [0.25, 0.3) is 0 Å². The van der Waals surface area contributed by atoms with Crippen molar-refractivity contribution < 1.29 is 23.1 Å². The summed E-state index contributed by atoms with van der Waals surface area (Å²) in [6, 6.07) is 5.53. The number of carbonyl (C=O) groups is 1. The molecule has 0 radical (unpaired) electrons.